The van der Waals surface area contributed by atoms with Gasteiger partial charge >= 0.3 is 0 Å². The average Bonchev–Trinajstić information content (AvgIpc) is 3.31. The molecular weight excluding hydrogens is 440 g/mol. The Bertz CT molecular complexity index is 898. The van der Waals surface area contributed by atoms with Gasteiger partial charge in [-0.3, -0.25) is 9.69 Å². The Morgan fingerprint density at radius 3 is 2.94 bits per heavy atom. The van der Waals surface area contributed by atoms with Crippen molar-refractivity contribution >= 4 is 17.2 Å². The van der Waals surface area contributed by atoms with Gasteiger partial charge in [0.15, 0.2) is 0 Å². The van der Waals surface area contributed by atoms with Gasteiger partial charge in [-0.15, -0.1) is 17.8 Å². The standard InChI is InChI=1S/C25H32N2O5S/c1-3-13-31-18-20(28)16-26(12-14-30-2)17-25(29)27-11-9-24-22(10-15-33-24)23(27)19-32-21-7-5-4-6-8-21/h1,4-8,10,15,20,23,28H,9,11-14,16-19H2,2H3. The summed E-state index contributed by atoms with van der Waals surface area (Å²) in [4.78, 5) is 18.5. The monoisotopic (exact) mass is 472 g/mol. The number of methoxy groups -OCH3 is 1. The van der Waals surface area contributed by atoms with Crippen molar-refractivity contribution in [2.45, 2.75) is 18.6 Å². The molecule has 1 aromatic carbocycles. The van der Waals surface area contributed by atoms with E-state index in [1.165, 1.54) is 4.88 Å². The lowest BCUT2D eigenvalue weighted by Gasteiger charge is -2.37. The summed E-state index contributed by atoms with van der Waals surface area (Å²) in [5.41, 5.74) is 1.15. The molecule has 2 unspecified atom stereocenters. The first kappa shape index (κ1) is 25.2. The molecule has 178 valence electrons. The molecule has 1 aliphatic heterocycles. The fourth-order valence-electron chi connectivity index (χ4n) is 3.91. The number of thiophene rings is 1. The van der Waals surface area contributed by atoms with Gasteiger partial charge in [0.25, 0.3) is 0 Å². The predicted octanol–water partition coefficient (Wildman–Crippen LogP) is 2.21. The van der Waals surface area contributed by atoms with Gasteiger partial charge in [0, 0.05) is 31.6 Å². The number of ether oxygens (including phenoxy) is 3. The number of carbonyl (C=O) groups is 1. The van der Waals surface area contributed by atoms with Crippen LogP contribution in [0.1, 0.15) is 16.5 Å². The third-order valence-corrected chi connectivity index (χ3v) is 6.50. The first-order chi connectivity index (χ1) is 16.1. The molecule has 1 N–H and O–H groups in total. The molecule has 2 atom stereocenters. The minimum Gasteiger partial charge on any atom is -0.491 e. The highest BCUT2D eigenvalue weighted by Gasteiger charge is 2.33. The third-order valence-electron chi connectivity index (χ3n) is 5.50. The molecule has 33 heavy (non-hydrogen) atoms. The van der Waals surface area contributed by atoms with Crippen LogP contribution in [0, 0.1) is 12.3 Å². The number of rotatable bonds is 13. The first-order valence-corrected chi connectivity index (χ1v) is 11.9. The number of hydrogen-bond donors (Lipinski definition) is 1. The van der Waals surface area contributed by atoms with Crippen molar-refractivity contribution in [3.05, 3.63) is 52.2 Å². The molecule has 0 saturated carbocycles. The number of aliphatic hydroxyl groups excluding tert-OH is 1. The fraction of sp³-hybridized carbons (Fsp3) is 0.480. The van der Waals surface area contributed by atoms with E-state index in [1.54, 1.807) is 18.4 Å². The van der Waals surface area contributed by atoms with Crippen LogP contribution in [0.15, 0.2) is 41.8 Å². The van der Waals surface area contributed by atoms with Crippen molar-refractivity contribution in [2.24, 2.45) is 0 Å². The molecule has 8 heteroatoms. The zero-order valence-corrected chi connectivity index (χ0v) is 19.8. The van der Waals surface area contributed by atoms with E-state index >= 15 is 0 Å². The maximum absolute atomic E-state index is 13.4. The van der Waals surface area contributed by atoms with Crippen molar-refractivity contribution in [1.29, 1.82) is 0 Å². The number of aliphatic hydroxyl groups is 1. The number of amides is 1. The van der Waals surface area contributed by atoms with E-state index in [-0.39, 0.29) is 31.7 Å². The molecular formula is C25H32N2O5S. The summed E-state index contributed by atoms with van der Waals surface area (Å²) >= 11 is 1.73. The molecule has 2 aromatic rings. The predicted molar refractivity (Wildman–Crippen MR) is 128 cm³/mol. The van der Waals surface area contributed by atoms with Crippen LogP contribution in [0.3, 0.4) is 0 Å². The van der Waals surface area contributed by atoms with Gasteiger partial charge in [-0.2, -0.15) is 0 Å². The van der Waals surface area contributed by atoms with Crippen molar-refractivity contribution in [3.8, 4) is 18.1 Å². The minimum absolute atomic E-state index is 0.00126. The third kappa shape index (κ3) is 7.56. The van der Waals surface area contributed by atoms with Crippen molar-refractivity contribution < 1.29 is 24.1 Å². The molecule has 0 bridgehead atoms. The number of fused-ring (bicyclic) bond motifs is 1. The summed E-state index contributed by atoms with van der Waals surface area (Å²) in [6, 6.07) is 11.6. The first-order valence-electron chi connectivity index (χ1n) is 11.1. The summed E-state index contributed by atoms with van der Waals surface area (Å²) in [5.74, 6) is 3.16. The highest BCUT2D eigenvalue weighted by molar-refractivity contribution is 7.10. The fourth-order valence-corrected chi connectivity index (χ4v) is 4.84. The molecule has 7 nitrogen and oxygen atoms in total. The highest BCUT2D eigenvalue weighted by atomic mass is 32.1. The molecule has 1 amide bonds. The molecule has 0 radical (unpaired) electrons. The Balaban J connectivity index is 1.66. The zero-order chi connectivity index (χ0) is 23.5. The van der Waals surface area contributed by atoms with Crippen LogP contribution >= 0.6 is 11.3 Å². The number of terminal acetylenes is 1. The number of nitrogens with zero attached hydrogens (tertiary/aromatic N) is 2. The highest BCUT2D eigenvalue weighted by Crippen LogP contribution is 2.34. The van der Waals surface area contributed by atoms with Crippen LogP contribution in [0.5, 0.6) is 5.75 Å². The van der Waals surface area contributed by atoms with E-state index in [1.807, 2.05) is 40.1 Å². The molecule has 0 spiro atoms. The molecule has 1 aliphatic rings. The smallest absolute Gasteiger partial charge is 0.237 e. The minimum atomic E-state index is -0.745. The van der Waals surface area contributed by atoms with Gasteiger partial charge in [-0.25, -0.2) is 0 Å². The lowest BCUT2D eigenvalue weighted by Crippen LogP contribution is -2.48. The quantitative estimate of drug-likeness (QED) is 0.356. The molecule has 0 saturated heterocycles. The van der Waals surface area contributed by atoms with E-state index < -0.39 is 6.10 Å². The maximum atomic E-state index is 13.4. The van der Waals surface area contributed by atoms with E-state index in [2.05, 4.69) is 17.4 Å². The Labute approximate surface area is 199 Å². The van der Waals surface area contributed by atoms with E-state index in [0.29, 0.717) is 32.8 Å². The average molecular weight is 473 g/mol. The maximum Gasteiger partial charge on any atom is 0.237 e. The van der Waals surface area contributed by atoms with Crippen LogP contribution in [0.2, 0.25) is 0 Å². The molecule has 3 rings (SSSR count). The van der Waals surface area contributed by atoms with Crippen LogP contribution in [-0.2, 0) is 20.7 Å². The molecule has 0 fully saturated rings. The van der Waals surface area contributed by atoms with Gasteiger partial charge in [-0.05, 0) is 35.6 Å². The largest absolute Gasteiger partial charge is 0.491 e. The van der Waals surface area contributed by atoms with Gasteiger partial charge in [0.1, 0.15) is 19.0 Å². The summed E-state index contributed by atoms with van der Waals surface area (Å²) < 4.78 is 16.5. The number of benzene rings is 1. The lowest BCUT2D eigenvalue weighted by atomic mass is 10.0. The number of carbonyl (C=O) groups excluding carboxylic acids is 1. The topological polar surface area (TPSA) is 71.5 Å². The van der Waals surface area contributed by atoms with Crippen molar-refractivity contribution in [2.75, 3.05) is 59.7 Å². The molecule has 1 aromatic heterocycles. The molecule has 2 heterocycles. The second-order valence-electron chi connectivity index (χ2n) is 7.88. The summed E-state index contributed by atoms with van der Waals surface area (Å²) in [7, 11) is 1.62. The van der Waals surface area contributed by atoms with E-state index in [4.69, 9.17) is 20.6 Å². The Hall–Kier alpha value is -2.41. The van der Waals surface area contributed by atoms with Gasteiger partial charge in [-0.1, -0.05) is 24.1 Å². The van der Waals surface area contributed by atoms with Gasteiger partial charge in [0.05, 0.1) is 31.9 Å². The van der Waals surface area contributed by atoms with Crippen molar-refractivity contribution in [1.82, 2.24) is 9.80 Å². The Kier molecular flexibility index (Phi) is 10.2. The Morgan fingerprint density at radius 1 is 1.36 bits per heavy atom. The summed E-state index contributed by atoms with van der Waals surface area (Å²) in [5, 5.41) is 12.4. The Morgan fingerprint density at radius 2 is 2.18 bits per heavy atom. The second-order valence-corrected chi connectivity index (χ2v) is 8.88. The van der Waals surface area contributed by atoms with Crippen LogP contribution < -0.4 is 4.74 Å². The SMILES string of the molecule is C#CCOCC(O)CN(CCOC)CC(=O)N1CCc2sccc2C1COc1ccccc1. The summed E-state index contributed by atoms with van der Waals surface area (Å²) in [6.45, 7) is 2.75. The number of para-hydroxylation sites is 1. The molecule has 0 aliphatic carbocycles. The van der Waals surface area contributed by atoms with E-state index in [9.17, 15) is 9.90 Å². The van der Waals surface area contributed by atoms with Gasteiger partial charge < -0.3 is 24.2 Å². The van der Waals surface area contributed by atoms with Gasteiger partial charge in [0.2, 0.25) is 5.91 Å². The van der Waals surface area contributed by atoms with Crippen molar-refractivity contribution in [3.63, 3.8) is 0 Å². The summed E-state index contributed by atoms with van der Waals surface area (Å²) in [6.07, 6.45) is 5.28. The lowest BCUT2D eigenvalue weighted by molar-refractivity contribution is -0.136. The normalized spacial score (nSPS) is 16.3. The van der Waals surface area contributed by atoms with Crippen LogP contribution in [0.4, 0.5) is 0 Å². The van der Waals surface area contributed by atoms with Crippen LogP contribution in [-0.4, -0.2) is 86.6 Å². The number of hydrogen-bond acceptors (Lipinski definition) is 7. The zero-order valence-electron chi connectivity index (χ0n) is 19.0. The van der Waals surface area contributed by atoms with E-state index in [0.717, 1.165) is 17.7 Å². The van der Waals surface area contributed by atoms with Crippen LogP contribution in [0.25, 0.3) is 0 Å². The second kappa shape index (κ2) is 13.3.